The third-order valence-electron chi connectivity index (χ3n) is 5.74. The molecule has 2 aromatic carbocycles. The molecule has 7 heteroatoms. The lowest BCUT2D eigenvalue weighted by Gasteiger charge is -2.21. The van der Waals surface area contributed by atoms with Gasteiger partial charge in [0.25, 0.3) is 0 Å². The molecule has 0 saturated heterocycles. The van der Waals surface area contributed by atoms with Crippen LogP contribution in [-0.4, -0.2) is 40.6 Å². The second kappa shape index (κ2) is 10.2. The molecule has 0 spiro atoms. The van der Waals surface area contributed by atoms with Gasteiger partial charge in [-0.15, -0.1) is 0 Å². The summed E-state index contributed by atoms with van der Waals surface area (Å²) in [6.07, 6.45) is 3.62. The van der Waals surface area contributed by atoms with Crippen LogP contribution in [0.5, 0.6) is 5.75 Å². The highest BCUT2D eigenvalue weighted by molar-refractivity contribution is 5.99. The van der Waals surface area contributed by atoms with E-state index in [0.717, 1.165) is 52.4 Å². The number of hydrogen-bond donors (Lipinski definition) is 1. The Morgan fingerprint density at radius 3 is 2.42 bits per heavy atom. The molecular weight excluding hydrogens is 414 g/mol. The monoisotopic (exact) mass is 443 g/mol. The number of carbonyl (C=O) groups is 1. The van der Waals surface area contributed by atoms with Crippen molar-refractivity contribution in [1.29, 1.82) is 0 Å². The molecule has 0 radical (unpaired) electrons. The topological polar surface area (TPSA) is 72.3 Å². The highest BCUT2D eigenvalue weighted by Gasteiger charge is 2.20. The van der Waals surface area contributed by atoms with Gasteiger partial charge in [-0.05, 0) is 37.1 Å². The van der Waals surface area contributed by atoms with Crippen LogP contribution in [0.3, 0.4) is 0 Å². The van der Waals surface area contributed by atoms with Crippen LogP contribution in [-0.2, 0) is 17.9 Å². The highest BCUT2D eigenvalue weighted by Crippen LogP contribution is 2.33. The number of nitrogens with one attached hydrogen (secondary N) is 1. The molecule has 0 saturated carbocycles. The van der Waals surface area contributed by atoms with Crippen molar-refractivity contribution in [3.63, 3.8) is 0 Å². The normalized spacial score (nSPS) is 10.9. The molecule has 2 aromatic heterocycles. The first-order chi connectivity index (χ1) is 16.1. The van der Waals surface area contributed by atoms with E-state index in [2.05, 4.69) is 46.2 Å². The average molecular weight is 444 g/mol. The zero-order valence-corrected chi connectivity index (χ0v) is 19.3. The van der Waals surface area contributed by atoms with Gasteiger partial charge in [-0.1, -0.05) is 42.5 Å². The lowest BCUT2D eigenvalue weighted by molar-refractivity contribution is -0.121. The minimum atomic E-state index is -0.0725. The summed E-state index contributed by atoms with van der Waals surface area (Å²) in [5, 5.41) is 3.02. The summed E-state index contributed by atoms with van der Waals surface area (Å²) < 4.78 is 7.16. The molecule has 1 amide bonds. The first kappa shape index (κ1) is 22.3. The molecule has 0 aliphatic heterocycles. The molecule has 4 aromatic rings. The average Bonchev–Trinajstić information content (AvgIpc) is 3.23. The zero-order chi connectivity index (χ0) is 23.2. The summed E-state index contributed by atoms with van der Waals surface area (Å²) in [5.41, 5.74) is 4.79. The van der Waals surface area contributed by atoms with Gasteiger partial charge in [-0.2, -0.15) is 0 Å². The Kier molecular flexibility index (Phi) is 6.88. The maximum Gasteiger partial charge on any atom is 0.240 e. The lowest BCUT2D eigenvalue weighted by Crippen LogP contribution is -2.28. The maximum absolute atomic E-state index is 12.9. The van der Waals surface area contributed by atoms with Crippen molar-refractivity contribution in [1.82, 2.24) is 19.9 Å². The van der Waals surface area contributed by atoms with Crippen LogP contribution in [0.25, 0.3) is 22.2 Å². The fourth-order valence-corrected chi connectivity index (χ4v) is 3.98. The fourth-order valence-electron chi connectivity index (χ4n) is 3.98. The van der Waals surface area contributed by atoms with Crippen molar-refractivity contribution in [3.05, 3.63) is 72.7 Å². The molecule has 0 bridgehead atoms. The number of carbonyl (C=O) groups excluding carboxylic acids is 1. The number of benzene rings is 2. The van der Waals surface area contributed by atoms with Gasteiger partial charge < -0.3 is 19.5 Å². The summed E-state index contributed by atoms with van der Waals surface area (Å²) in [6.45, 7) is 6.47. The second-order valence-electron chi connectivity index (χ2n) is 7.73. The van der Waals surface area contributed by atoms with E-state index in [0.29, 0.717) is 6.54 Å². The highest BCUT2D eigenvalue weighted by atomic mass is 16.5. The van der Waals surface area contributed by atoms with Crippen molar-refractivity contribution < 1.29 is 9.53 Å². The summed E-state index contributed by atoms with van der Waals surface area (Å²) in [5.74, 6) is 1.56. The molecule has 0 fully saturated rings. The molecule has 170 valence electrons. The summed E-state index contributed by atoms with van der Waals surface area (Å²) >= 11 is 0. The Morgan fingerprint density at radius 1 is 1.03 bits per heavy atom. The van der Waals surface area contributed by atoms with E-state index >= 15 is 0 Å². The quantitative estimate of drug-likeness (QED) is 0.418. The van der Waals surface area contributed by atoms with Gasteiger partial charge in [-0.25, -0.2) is 9.97 Å². The maximum atomic E-state index is 12.9. The van der Waals surface area contributed by atoms with Crippen molar-refractivity contribution in [2.45, 2.75) is 26.9 Å². The van der Waals surface area contributed by atoms with Gasteiger partial charge in [0.05, 0.1) is 7.11 Å². The van der Waals surface area contributed by atoms with E-state index in [9.17, 15) is 4.79 Å². The van der Waals surface area contributed by atoms with Gasteiger partial charge >= 0.3 is 0 Å². The summed E-state index contributed by atoms with van der Waals surface area (Å²) in [4.78, 5) is 24.3. The SMILES string of the molecule is CCN(CC)c1ncnc2c(-c3ccccc3)cn(CC(=O)NCc3ccc(OC)cc3)c12. The Labute approximate surface area is 194 Å². The molecule has 1 N–H and O–H groups in total. The molecule has 7 nitrogen and oxygen atoms in total. The number of ether oxygens (including phenoxy) is 1. The molecule has 0 aliphatic carbocycles. The Balaban J connectivity index is 1.65. The summed E-state index contributed by atoms with van der Waals surface area (Å²) in [7, 11) is 1.64. The number of amides is 1. The number of nitrogens with zero attached hydrogens (tertiary/aromatic N) is 4. The Bertz CT molecular complexity index is 1210. The molecular formula is C26H29N5O2. The minimum Gasteiger partial charge on any atom is -0.497 e. The van der Waals surface area contributed by atoms with E-state index in [1.807, 2.05) is 53.2 Å². The Hall–Kier alpha value is -3.87. The van der Waals surface area contributed by atoms with Crippen LogP contribution in [0.4, 0.5) is 5.82 Å². The van der Waals surface area contributed by atoms with Crippen LogP contribution in [0, 0.1) is 0 Å². The van der Waals surface area contributed by atoms with Gasteiger partial charge in [-0.3, -0.25) is 4.79 Å². The van der Waals surface area contributed by atoms with Gasteiger partial charge in [0.15, 0.2) is 5.82 Å². The lowest BCUT2D eigenvalue weighted by atomic mass is 10.1. The van der Waals surface area contributed by atoms with Crippen LogP contribution < -0.4 is 15.0 Å². The van der Waals surface area contributed by atoms with E-state index in [-0.39, 0.29) is 12.5 Å². The van der Waals surface area contributed by atoms with E-state index in [1.165, 1.54) is 0 Å². The van der Waals surface area contributed by atoms with E-state index in [4.69, 9.17) is 4.74 Å². The van der Waals surface area contributed by atoms with Gasteiger partial charge in [0.2, 0.25) is 5.91 Å². The molecule has 0 aliphatic rings. The van der Waals surface area contributed by atoms with Crippen molar-refractivity contribution >= 4 is 22.8 Å². The zero-order valence-electron chi connectivity index (χ0n) is 19.3. The third-order valence-corrected chi connectivity index (χ3v) is 5.74. The molecule has 0 unspecified atom stereocenters. The largest absolute Gasteiger partial charge is 0.497 e. The van der Waals surface area contributed by atoms with Crippen LogP contribution >= 0.6 is 0 Å². The molecule has 4 rings (SSSR count). The first-order valence-electron chi connectivity index (χ1n) is 11.2. The van der Waals surface area contributed by atoms with Crippen LogP contribution in [0.2, 0.25) is 0 Å². The Morgan fingerprint density at radius 2 is 1.76 bits per heavy atom. The van der Waals surface area contributed by atoms with Gasteiger partial charge in [0.1, 0.15) is 29.7 Å². The smallest absolute Gasteiger partial charge is 0.240 e. The number of fused-ring (bicyclic) bond motifs is 1. The molecule has 33 heavy (non-hydrogen) atoms. The minimum absolute atomic E-state index is 0.0725. The van der Waals surface area contributed by atoms with Crippen LogP contribution in [0.15, 0.2) is 67.1 Å². The van der Waals surface area contributed by atoms with E-state index < -0.39 is 0 Å². The van der Waals surface area contributed by atoms with Gasteiger partial charge in [0, 0.05) is 31.4 Å². The summed E-state index contributed by atoms with van der Waals surface area (Å²) in [6, 6.07) is 17.8. The standard InChI is InChI=1S/C26H29N5O2/c1-4-30(5-2)26-25-24(28-18-29-26)22(20-9-7-6-8-10-20)16-31(25)17-23(32)27-15-19-11-13-21(33-3)14-12-19/h6-14,16,18H,4-5,15,17H2,1-3H3,(H,27,32). The van der Waals surface area contributed by atoms with E-state index in [1.54, 1.807) is 13.4 Å². The fraction of sp³-hybridized carbons (Fsp3) is 0.269. The number of hydrogen-bond acceptors (Lipinski definition) is 5. The number of methoxy groups -OCH3 is 1. The number of anilines is 1. The molecule has 2 heterocycles. The predicted molar refractivity (Wildman–Crippen MR) is 131 cm³/mol. The third kappa shape index (κ3) is 4.82. The second-order valence-corrected chi connectivity index (χ2v) is 7.73. The predicted octanol–water partition coefficient (Wildman–Crippen LogP) is 4.27. The van der Waals surface area contributed by atoms with Crippen molar-refractivity contribution in [2.24, 2.45) is 0 Å². The number of aromatic nitrogens is 3. The molecule has 0 atom stereocenters. The van der Waals surface area contributed by atoms with Crippen molar-refractivity contribution in [3.8, 4) is 16.9 Å². The van der Waals surface area contributed by atoms with Crippen molar-refractivity contribution in [2.75, 3.05) is 25.1 Å². The van der Waals surface area contributed by atoms with Crippen LogP contribution in [0.1, 0.15) is 19.4 Å². The first-order valence-corrected chi connectivity index (χ1v) is 11.2. The number of rotatable bonds is 9.